The van der Waals surface area contributed by atoms with E-state index in [2.05, 4.69) is 20.6 Å². The Bertz CT molecular complexity index is 1570. The summed E-state index contributed by atoms with van der Waals surface area (Å²) in [6, 6.07) is 10.9. The number of nitrogens with one attached hydrogen (secondary N) is 2. The minimum absolute atomic E-state index is 0.162. The van der Waals surface area contributed by atoms with E-state index >= 15 is 0 Å². The van der Waals surface area contributed by atoms with Crippen molar-refractivity contribution in [2.24, 2.45) is 0 Å². The summed E-state index contributed by atoms with van der Waals surface area (Å²) in [6.45, 7) is 2.11. The zero-order chi connectivity index (χ0) is 29.1. The summed E-state index contributed by atoms with van der Waals surface area (Å²) in [5.41, 5.74) is 3.27. The van der Waals surface area contributed by atoms with Gasteiger partial charge in [0.1, 0.15) is 18.4 Å². The van der Waals surface area contributed by atoms with Gasteiger partial charge in [-0.1, -0.05) is 35.9 Å². The molecule has 1 spiro atoms. The maximum Gasteiger partial charge on any atom is 0.406 e. The molecule has 0 saturated carbocycles. The normalized spacial score (nSPS) is 25.2. The van der Waals surface area contributed by atoms with Crippen LogP contribution >= 0.6 is 0 Å². The smallest absolute Gasteiger partial charge is 0.340 e. The highest BCUT2D eigenvalue weighted by molar-refractivity contribution is 6.06. The molecule has 2 N–H and O–H groups in total. The predicted octanol–water partition coefficient (Wildman–Crippen LogP) is 3.84. The minimum Gasteiger partial charge on any atom is -0.340 e. The Balaban J connectivity index is 1.25. The first-order valence-electron chi connectivity index (χ1n) is 13.4. The Kier molecular flexibility index (Phi) is 6.35. The molecule has 41 heavy (non-hydrogen) atoms. The molecule has 3 aromatic rings. The average Bonchev–Trinajstić information content (AvgIpc) is 3.44. The molecule has 8 nitrogen and oxygen atoms in total. The van der Waals surface area contributed by atoms with Crippen LogP contribution in [0.5, 0.6) is 0 Å². The van der Waals surface area contributed by atoms with Gasteiger partial charge in [0.25, 0.3) is 5.91 Å². The number of aryl methyl sites for hydroxylation is 1. The zero-order valence-corrected chi connectivity index (χ0v) is 22.5. The molecule has 1 aliphatic carbocycles. The van der Waals surface area contributed by atoms with Crippen LogP contribution in [0.25, 0.3) is 0 Å². The van der Waals surface area contributed by atoms with E-state index in [0.29, 0.717) is 24.4 Å². The topological polar surface area (TPSA) is 104 Å². The van der Waals surface area contributed by atoms with Crippen molar-refractivity contribution < 1.29 is 27.6 Å². The van der Waals surface area contributed by atoms with Gasteiger partial charge in [0, 0.05) is 42.0 Å². The van der Waals surface area contributed by atoms with Gasteiger partial charge in [-0.15, -0.1) is 0 Å². The molecule has 1 aromatic carbocycles. The summed E-state index contributed by atoms with van der Waals surface area (Å²) in [7, 11) is 0. The molecule has 0 radical (unpaired) electrons. The molecule has 2 aliphatic heterocycles. The van der Waals surface area contributed by atoms with E-state index in [1.165, 1.54) is 6.20 Å². The Morgan fingerprint density at radius 1 is 1.15 bits per heavy atom. The number of carbonyl (C=O) groups is 3. The van der Waals surface area contributed by atoms with Gasteiger partial charge in [0.15, 0.2) is 0 Å². The van der Waals surface area contributed by atoms with Crippen molar-refractivity contribution in [2.45, 2.75) is 62.7 Å². The van der Waals surface area contributed by atoms with Gasteiger partial charge < -0.3 is 15.5 Å². The summed E-state index contributed by atoms with van der Waals surface area (Å²) < 4.78 is 40.5. The maximum absolute atomic E-state index is 13.5. The van der Waals surface area contributed by atoms with E-state index in [9.17, 15) is 27.6 Å². The lowest BCUT2D eigenvalue weighted by Gasteiger charge is -2.43. The Morgan fingerprint density at radius 2 is 1.95 bits per heavy atom. The molecule has 0 bridgehead atoms. The summed E-state index contributed by atoms with van der Waals surface area (Å²) in [5.74, 6) is -1.45. The highest BCUT2D eigenvalue weighted by atomic mass is 19.4. The lowest BCUT2D eigenvalue weighted by molar-refractivity contribution is -0.170. The number of benzene rings is 1. The van der Waals surface area contributed by atoms with Gasteiger partial charge in [-0.2, -0.15) is 13.2 Å². The number of anilines is 1. The first-order valence-corrected chi connectivity index (χ1v) is 13.4. The highest BCUT2D eigenvalue weighted by Crippen LogP contribution is 2.46. The predicted molar refractivity (Wildman–Crippen MR) is 143 cm³/mol. The number of nitrogens with zero attached hydrogens (tertiary/aromatic N) is 3. The standard InChI is InChI=1S/C30H28F3N5O3/c1-16-5-3-6-18(9-16)21-11-23(27(40)38(17(21)2)15-30(31,32)33)36-26(39)20-10-19-12-29(13-24(19)35-14-20)22-7-4-8-34-25(22)37-28(29)41/h3-10,14,17,21,23H,11-13,15H2,1-2H3,(H,36,39)(H,34,37,41)/t17-,21-,23+,29?/m1/s1. The minimum atomic E-state index is -4.59. The molecule has 4 heterocycles. The van der Waals surface area contributed by atoms with E-state index in [1.54, 1.807) is 25.3 Å². The molecule has 1 fully saturated rings. The van der Waals surface area contributed by atoms with E-state index < -0.39 is 48.0 Å². The molecule has 3 aliphatic rings. The Morgan fingerprint density at radius 3 is 2.71 bits per heavy atom. The largest absolute Gasteiger partial charge is 0.406 e. The van der Waals surface area contributed by atoms with Crippen LogP contribution in [0, 0.1) is 6.92 Å². The molecule has 6 rings (SSSR count). The second kappa shape index (κ2) is 9.67. The third kappa shape index (κ3) is 4.72. The zero-order valence-electron chi connectivity index (χ0n) is 22.5. The molecule has 212 valence electrons. The quantitative estimate of drug-likeness (QED) is 0.502. The van der Waals surface area contributed by atoms with Crippen molar-refractivity contribution in [1.82, 2.24) is 20.2 Å². The number of fused-ring (bicyclic) bond motifs is 3. The maximum atomic E-state index is 13.5. The van der Waals surface area contributed by atoms with Gasteiger partial charge in [0.05, 0.1) is 11.0 Å². The molecule has 11 heteroatoms. The van der Waals surface area contributed by atoms with E-state index in [-0.39, 0.29) is 17.9 Å². The molecular weight excluding hydrogens is 535 g/mol. The van der Waals surface area contributed by atoms with Crippen LogP contribution in [0.15, 0.2) is 54.9 Å². The molecule has 1 saturated heterocycles. The van der Waals surface area contributed by atoms with Crippen LogP contribution in [-0.4, -0.2) is 57.4 Å². The third-order valence-electron chi connectivity index (χ3n) is 8.54. The number of likely N-dealkylation sites (tertiary alicyclic amines) is 1. The Labute approximate surface area is 234 Å². The molecule has 4 atom stereocenters. The van der Waals surface area contributed by atoms with Gasteiger partial charge in [0.2, 0.25) is 11.8 Å². The summed E-state index contributed by atoms with van der Waals surface area (Å²) in [6.07, 6.45) is -0.754. The Hall–Kier alpha value is -4.28. The third-order valence-corrected chi connectivity index (χ3v) is 8.54. The molecule has 2 aromatic heterocycles. The number of alkyl halides is 3. The van der Waals surface area contributed by atoms with Crippen molar-refractivity contribution in [2.75, 3.05) is 11.9 Å². The fourth-order valence-corrected chi connectivity index (χ4v) is 6.50. The van der Waals surface area contributed by atoms with Crippen LogP contribution in [0.2, 0.25) is 0 Å². The number of piperidine rings is 1. The summed E-state index contributed by atoms with van der Waals surface area (Å²) in [4.78, 5) is 49.2. The van der Waals surface area contributed by atoms with Crippen molar-refractivity contribution in [3.8, 4) is 0 Å². The number of halogens is 3. The molecule has 1 unspecified atom stereocenters. The van der Waals surface area contributed by atoms with Gasteiger partial charge >= 0.3 is 6.18 Å². The van der Waals surface area contributed by atoms with Crippen molar-refractivity contribution in [3.05, 3.63) is 88.4 Å². The van der Waals surface area contributed by atoms with Crippen LogP contribution < -0.4 is 10.6 Å². The number of aromatic nitrogens is 2. The average molecular weight is 564 g/mol. The first kappa shape index (κ1) is 26.9. The van der Waals surface area contributed by atoms with Crippen molar-refractivity contribution in [1.29, 1.82) is 0 Å². The number of pyridine rings is 2. The van der Waals surface area contributed by atoms with Crippen LogP contribution in [0.1, 0.15) is 57.6 Å². The lowest BCUT2D eigenvalue weighted by Crippen LogP contribution is -2.59. The number of carbonyl (C=O) groups excluding carboxylic acids is 3. The second-order valence-electron chi connectivity index (χ2n) is 11.2. The first-order chi connectivity index (χ1) is 19.4. The number of hydrogen-bond acceptors (Lipinski definition) is 5. The van der Waals surface area contributed by atoms with Gasteiger partial charge in [-0.25, -0.2) is 4.98 Å². The molecule has 3 amide bonds. The van der Waals surface area contributed by atoms with Crippen LogP contribution in [-0.2, 0) is 27.8 Å². The summed E-state index contributed by atoms with van der Waals surface area (Å²) in [5, 5.41) is 5.51. The fourth-order valence-electron chi connectivity index (χ4n) is 6.50. The van der Waals surface area contributed by atoms with Gasteiger partial charge in [-0.3, -0.25) is 19.4 Å². The van der Waals surface area contributed by atoms with E-state index in [1.807, 2.05) is 37.3 Å². The SMILES string of the molecule is Cc1cccc([C@@H]2C[C@H](NC(=O)c3cnc4c(c3)CC3(C4)C(=O)Nc4ncccc43)C(=O)N(CC(F)(F)F)[C@@H]2C)c1. The monoisotopic (exact) mass is 563 g/mol. The lowest BCUT2D eigenvalue weighted by atomic mass is 9.80. The van der Waals surface area contributed by atoms with Crippen molar-refractivity contribution in [3.63, 3.8) is 0 Å². The number of amides is 3. The fraction of sp³-hybridized carbons (Fsp3) is 0.367. The molecular formula is C30H28F3N5O3. The number of rotatable bonds is 4. The van der Waals surface area contributed by atoms with Crippen molar-refractivity contribution >= 4 is 23.5 Å². The van der Waals surface area contributed by atoms with E-state index in [0.717, 1.165) is 27.2 Å². The summed E-state index contributed by atoms with van der Waals surface area (Å²) >= 11 is 0. The highest BCUT2D eigenvalue weighted by Gasteiger charge is 2.52. The van der Waals surface area contributed by atoms with Crippen LogP contribution in [0.4, 0.5) is 19.0 Å². The second-order valence-corrected chi connectivity index (χ2v) is 11.2. The number of hydrogen-bond donors (Lipinski definition) is 2. The van der Waals surface area contributed by atoms with Gasteiger partial charge in [-0.05, 0) is 49.9 Å². The van der Waals surface area contributed by atoms with Crippen LogP contribution in [0.3, 0.4) is 0 Å². The van der Waals surface area contributed by atoms with E-state index in [4.69, 9.17) is 0 Å².